The maximum atomic E-state index is 12.1. The third-order valence-electron chi connectivity index (χ3n) is 3.37. The summed E-state index contributed by atoms with van der Waals surface area (Å²) in [5, 5.41) is 6.17. The standard InChI is InChI=1S/C17H22N4O/c1-13-7-8-14(18)12-15(13)17(22)21-11-5-4-10-20-16-6-2-3-9-19-16/h2-3,6-9,12H,4-5,10-11,18H2,1H3,(H,19,20)(H,21,22). The Morgan fingerprint density at radius 2 is 2.00 bits per heavy atom. The summed E-state index contributed by atoms with van der Waals surface area (Å²) < 4.78 is 0. The van der Waals surface area contributed by atoms with Gasteiger partial charge >= 0.3 is 0 Å². The number of aryl methyl sites for hydroxylation is 1. The molecule has 4 N–H and O–H groups in total. The number of benzene rings is 1. The molecule has 0 unspecified atom stereocenters. The van der Waals surface area contributed by atoms with Crippen LogP contribution in [0.4, 0.5) is 11.5 Å². The summed E-state index contributed by atoms with van der Waals surface area (Å²) in [6.45, 7) is 3.40. The van der Waals surface area contributed by atoms with Crippen LogP contribution in [0, 0.1) is 6.92 Å². The average Bonchev–Trinajstić information content (AvgIpc) is 2.54. The fourth-order valence-electron chi connectivity index (χ4n) is 2.12. The van der Waals surface area contributed by atoms with E-state index < -0.39 is 0 Å². The van der Waals surface area contributed by atoms with Gasteiger partial charge < -0.3 is 16.4 Å². The van der Waals surface area contributed by atoms with Crippen LogP contribution in [0.15, 0.2) is 42.6 Å². The number of nitrogen functional groups attached to an aromatic ring is 1. The molecule has 116 valence electrons. The zero-order valence-corrected chi connectivity index (χ0v) is 12.8. The van der Waals surface area contributed by atoms with Gasteiger partial charge in [0.15, 0.2) is 0 Å². The summed E-state index contributed by atoms with van der Waals surface area (Å²) in [6.07, 6.45) is 3.64. The zero-order valence-electron chi connectivity index (χ0n) is 12.8. The molecule has 22 heavy (non-hydrogen) atoms. The first-order valence-corrected chi connectivity index (χ1v) is 7.46. The lowest BCUT2D eigenvalue weighted by Crippen LogP contribution is -2.25. The highest BCUT2D eigenvalue weighted by Gasteiger charge is 2.08. The molecular weight excluding hydrogens is 276 g/mol. The summed E-state index contributed by atoms with van der Waals surface area (Å²) in [5.41, 5.74) is 7.91. The van der Waals surface area contributed by atoms with Crippen LogP contribution in [0.5, 0.6) is 0 Å². The molecule has 0 saturated carbocycles. The molecule has 0 aliphatic carbocycles. The quantitative estimate of drug-likeness (QED) is 0.542. The molecule has 5 heteroatoms. The van der Waals surface area contributed by atoms with Gasteiger partial charge in [0.2, 0.25) is 0 Å². The second-order valence-electron chi connectivity index (χ2n) is 5.18. The Hall–Kier alpha value is -2.56. The van der Waals surface area contributed by atoms with Gasteiger partial charge in [-0.15, -0.1) is 0 Å². The van der Waals surface area contributed by atoms with Crippen LogP contribution >= 0.6 is 0 Å². The monoisotopic (exact) mass is 298 g/mol. The molecule has 1 heterocycles. The van der Waals surface area contributed by atoms with Crippen molar-refractivity contribution in [3.05, 3.63) is 53.7 Å². The summed E-state index contributed by atoms with van der Waals surface area (Å²) in [6, 6.07) is 11.1. The molecule has 1 amide bonds. The molecule has 0 saturated heterocycles. The number of nitrogens with one attached hydrogen (secondary N) is 2. The van der Waals surface area contributed by atoms with Gasteiger partial charge in [-0.05, 0) is 49.6 Å². The maximum absolute atomic E-state index is 12.1. The summed E-state index contributed by atoms with van der Waals surface area (Å²) in [4.78, 5) is 16.3. The number of amides is 1. The number of hydrogen-bond acceptors (Lipinski definition) is 4. The van der Waals surface area contributed by atoms with Crippen molar-refractivity contribution in [3.63, 3.8) is 0 Å². The number of anilines is 2. The van der Waals surface area contributed by atoms with Crippen molar-refractivity contribution in [3.8, 4) is 0 Å². The van der Waals surface area contributed by atoms with Gasteiger partial charge in [0.05, 0.1) is 0 Å². The second-order valence-corrected chi connectivity index (χ2v) is 5.18. The summed E-state index contributed by atoms with van der Waals surface area (Å²) in [5.74, 6) is 0.810. The third-order valence-corrected chi connectivity index (χ3v) is 3.37. The molecule has 5 nitrogen and oxygen atoms in total. The zero-order chi connectivity index (χ0) is 15.8. The smallest absolute Gasteiger partial charge is 0.251 e. The predicted octanol–water partition coefficient (Wildman–Crippen LogP) is 2.59. The van der Waals surface area contributed by atoms with E-state index in [4.69, 9.17) is 5.73 Å². The van der Waals surface area contributed by atoms with Gasteiger partial charge in [-0.3, -0.25) is 4.79 Å². The topological polar surface area (TPSA) is 80.0 Å². The van der Waals surface area contributed by atoms with E-state index in [2.05, 4.69) is 15.6 Å². The van der Waals surface area contributed by atoms with E-state index in [-0.39, 0.29) is 5.91 Å². The lowest BCUT2D eigenvalue weighted by molar-refractivity contribution is 0.0952. The lowest BCUT2D eigenvalue weighted by atomic mass is 10.1. The molecule has 0 fully saturated rings. The van der Waals surface area contributed by atoms with E-state index in [0.717, 1.165) is 30.8 Å². The minimum absolute atomic E-state index is 0.0671. The van der Waals surface area contributed by atoms with E-state index in [0.29, 0.717) is 17.8 Å². The number of hydrogen-bond donors (Lipinski definition) is 3. The van der Waals surface area contributed by atoms with Crippen LogP contribution in [0.25, 0.3) is 0 Å². The van der Waals surface area contributed by atoms with Crippen molar-refractivity contribution in [2.24, 2.45) is 0 Å². The summed E-state index contributed by atoms with van der Waals surface area (Å²) >= 11 is 0. The van der Waals surface area contributed by atoms with Crippen molar-refractivity contribution in [1.29, 1.82) is 0 Å². The van der Waals surface area contributed by atoms with Crippen LogP contribution in [-0.2, 0) is 0 Å². The second kappa shape index (κ2) is 8.02. The van der Waals surface area contributed by atoms with Gasteiger partial charge in [0.25, 0.3) is 5.91 Å². The molecule has 0 aliphatic rings. The predicted molar refractivity (Wildman–Crippen MR) is 89.9 cm³/mol. The van der Waals surface area contributed by atoms with E-state index in [1.165, 1.54) is 0 Å². The van der Waals surface area contributed by atoms with Crippen molar-refractivity contribution < 1.29 is 4.79 Å². The normalized spacial score (nSPS) is 10.2. The number of pyridine rings is 1. The average molecular weight is 298 g/mol. The van der Waals surface area contributed by atoms with Crippen molar-refractivity contribution in [1.82, 2.24) is 10.3 Å². The van der Waals surface area contributed by atoms with Gasteiger partial charge in [-0.1, -0.05) is 12.1 Å². The Kier molecular flexibility index (Phi) is 5.77. The highest BCUT2D eigenvalue weighted by molar-refractivity contribution is 5.96. The van der Waals surface area contributed by atoms with Crippen molar-refractivity contribution in [2.75, 3.05) is 24.1 Å². The van der Waals surface area contributed by atoms with Crippen LogP contribution in [0.2, 0.25) is 0 Å². The number of aromatic nitrogens is 1. The first-order valence-electron chi connectivity index (χ1n) is 7.46. The Balaban J connectivity index is 1.66. The maximum Gasteiger partial charge on any atom is 0.251 e. The summed E-state index contributed by atoms with van der Waals surface area (Å²) in [7, 11) is 0. The largest absolute Gasteiger partial charge is 0.399 e. The van der Waals surface area contributed by atoms with Crippen LogP contribution in [0.1, 0.15) is 28.8 Å². The molecule has 0 aliphatic heterocycles. The Morgan fingerprint density at radius 3 is 2.77 bits per heavy atom. The molecule has 0 atom stereocenters. The SMILES string of the molecule is Cc1ccc(N)cc1C(=O)NCCCCNc1ccccn1. The van der Waals surface area contributed by atoms with Crippen LogP contribution in [-0.4, -0.2) is 24.0 Å². The van der Waals surface area contributed by atoms with E-state index in [9.17, 15) is 4.79 Å². The van der Waals surface area contributed by atoms with E-state index in [1.807, 2.05) is 31.2 Å². The minimum atomic E-state index is -0.0671. The molecular formula is C17H22N4O. The Morgan fingerprint density at radius 1 is 1.18 bits per heavy atom. The molecule has 1 aromatic heterocycles. The third kappa shape index (κ3) is 4.77. The lowest BCUT2D eigenvalue weighted by Gasteiger charge is -2.09. The molecule has 0 radical (unpaired) electrons. The molecule has 2 rings (SSSR count). The molecule has 0 bridgehead atoms. The van der Waals surface area contributed by atoms with Crippen molar-refractivity contribution >= 4 is 17.4 Å². The number of nitrogens with zero attached hydrogens (tertiary/aromatic N) is 1. The first-order chi connectivity index (χ1) is 10.7. The van der Waals surface area contributed by atoms with Crippen molar-refractivity contribution in [2.45, 2.75) is 19.8 Å². The number of unbranched alkanes of at least 4 members (excludes halogenated alkanes) is 1. The minimum Gasteiger partial charge on any atom is -0.399 e. The van der Waals surface area contributed by atoms with Gasteiger partial charge in [-0.2, -0.15) is 0 Å². The first kappa shape index (κ1) is 15.8. The molecule has 0 spiro atoms. The fourth-order valence-corrected chi connectivity index (χ4v) is 2.12. The van der Waals surface area contributed by atoms with Crippen LogP contribution < -0.4 is 16.4 Å². The number of nitrogens with two attached hydrogens (primary N) is 1. The van der Waals surface area contributed by atoms with Gasteiger partial charge in [0.1, 0.15) is 5.82 Å². The molecule has 2 aromatic rings. The van der Waals surface area contributed by atoms with Gasteiger partial charge in [-0.25, -0.2) is 4.98 Å². The number of carbonyl (C=O) groups is 1. The molecule has 1 aromatic carbocycles. The highest BCUT2D eigenvalue weighted by atomic mass is 16.1. The number of carbonyl (C=O) groups excluding carboxylic acids is 1. The Bertz CT molecular complexity index is 613. The highest BCUT2D eigenvalue weighted by Crippen LogP contribution is 2.12. The van der Waals surface area contributed by atoms with E-state index in [1.54, 1.807) is 18.3 Å². The number of rotatable bonds is 7. The Labute approximate surface area is 130 Å². The van der Waals surface area contributed by atoms with E-state index >= 15 is 0 Å². The fraction of sp³-hybridized carbons (Fsp3) is 0.294. The van der Waals surface area contributed by atoms with Gasteiger partial charge in [0, 0.05) is 30.5 Å². The van der Waals surface area contributed by atoms with Crippen LogP contribution in [0.3, 0.4) is 0 Å².